The Balaban J connectivity index is 2.14. The van der Waals surface area contributed by atoms with Gasteiger partial charge in [-0.15, -0.1) is 0 Å². The number of aromatic nitrogens is 2. The van der Waals surface area contributed by atoms with Crippen LogP contribution in [-0.2, 0) is 10.3 Å². The minimum absolute atomic E-state index is 0.303. The minimum atomic E-state index is -0.303. The molecule has 1 aromatic heterocycles. The summed E-state index contributed by atoms with van der Waals surface area (Å²) in [5.41, 5.74) is -0.303. The lowest BCUT2D eigenvalue weighted by Gasteiger charge is -2.32. The zero-order chi connectivity index (χ0) is 12.1. The van der Waals surface area contributed by atoms with E-state index in [0.29, 0.717) is 0 Å². The van der Waals surface area contributed by atoms with Crippen LogP contribution in [0.15, 0.2) is 12.3 Å². The number of nitrogens with zero attached hydrogens (tertiary/aromatic N) is 2. The zero-order valence-electron chi connectivity index (χ0n) is 10.7. The smallest absolute Gasteiger partial charge is 0.162 e. The summed E-state index contributed by atoms with van der Waals surface area (Å²) in [6.45, 7) is 5.98. The van der Waals surface area contributed by atoms with Gasteiger partial charge >= 0.3 is 0 Å². The number of ether oxygens (including phenoxy) is 1. The summed E-state index contributed by atoms with van der Waals surface area (Å²) in [5, 5.41) is 3.28. The molecule has 0 radical (unpaired) electrons. The maximum atomic E-state index is 5.86. The van der Waals surface area contributed by atoms with Crippen LogP contribution in [0.5, 0.6) is 0 Å². The topological polar surface area (TPSA) is 47.0 Å². The van der Waals surface area contributed by atoms with Gasteiger partial charge in [0.05, 0.1) is 0 Å². The lowest BCUT2D eigenvalue weighted by Crippen LogP contribution is -2.32. The van der Waals surface area contributed by atoms with Crippen LogP contribution in [0.25, 0.3) is 0 Å². The van der Waals surface area contributed by atoms with Crippen LogP contribution < -0.4 is 5.32 Å². The molecule has 1 unspecified atom stereocenters. The van der Waals surface area contributed by atoms with Crippen molar-refractivity contribution in [2.75, 3.05) is 18.5 Å². The van der Waals surface area contributed by atoms with Gasteiger partial charge in [-0.3, -0.25) is 0 Å². The Morgan fingerprint density at radius 1 is 1.47 bits per heavy atom. The first-order chi connectivity index (χ1) is 8.24. The van der Waals surface area contributed by atoms with Crippen LogP contribution in [0.3, 0.4) is 0 Å². The van der Waals surface area contributed by atoms with E-state index >= 15 is 0 Å². The molecule has 2 rings (SSSR count). The first kappa shape index (κ1) is 12.3. The van der Waals surface area contributed by atoms with Gasteiger partial charge in [0.15, 0.2) is 5.82 Å². The molecule has 17 heavy (non-hydrogen) atoms. The first-order valence-electron chi connectivity index (χ1n) is 6.46. The molecule has 4 heteroatoms. The maximum Gasteiger partial charge on any atom is 0.162 e. The summed E-state index contributed by atoms with van der Waals surface area (Å²) in [5.74, 6) is 1.70. The molecular weight excluding hydrogens is 214 g/mol. The van der Waals surface area contributed by atoms with Crippen molar-refractivity contribution in [2.24, 2.45) is 0 Å². The highest BCUT2D eigenvalue weighted by molar-refractivity contribution is 5.33. The van der Waals surface area contributed by atoms with Crippen molar-refractivity contribution in [2.45, 2.75) is 45.1 Å². The van der Waals surface area contributed by atoms with E-state index in [-0.39, 0.29) is 5.60 Å². The van der Waals surface area contributed by atoms with Gasteiger partial charge in [-0.25, -0.2) is 9.97 Å². The van der Waals surface area contributed by atoms with E-state index in [9.17, 15) is 0 Å². The van der Waals surface area contributed by atoms with Gasteiger partial charge in [0.25, 0.3) is 0 Å². The third-order valence-electron chi connectivity index (χ3n) is 3.15. The lowest BCUT2D eigenvalue weighted by atomic mass is 9.95. The molecule has 0 aromatic carbocycles. The number of rotatable bonds is 4. The van der Waals surface area contributed by atoms with Gasteiger partial charge in [-0.1, -0.05) is 6.92 Å². The van der Waals surface area contributed by atoms with Crippen molar-refractivity contribution >= 4 is 5.82 Å². The second-order valence-electron chi connectivity index (χ2n) is 4.73. The molecule has 1 atom stereocenters. The van der Waals surface area contributed by atoms with Crippen molar-refractivity contribution in [3.63, 3.8) is 0 Å². The molecule has 1 N–H and O–H groups in total. The number of hydrogen-bond acceptors (Lipinski definition) is 4. The molecule has 94 valence electrons. The van der Waals surface area contributed by atoms with E-state index in [1.54, 1.807) is 0 Å². The SMILES string of the molecule is CCCNc1ccnc(C2(C)CCCCO2)n1. The average Bonchev–Trinajstić information content (AvgIpc) is 2.38. The Morgan fingerprint density at radius 2 is 2.35 bits per heavy atom. The third kappa shape index (κ3) is 2.94. The van der Waals surface area contributed by atoms with Gasteiger partial charge in [0.2, 0.25) is 0 Å². The molecule has 4 nitrogen and oxygen atoms in total. The second-order valence-corrected chi connectivity index (χ2v) is 4.73. The normalized spacial score (nSPS) is 24.6. The monoisotopic (exact) mass is 235 g/mol. The fraction of sp³-hybridized carbons (Fsp3) is 0.692. The summed E-state index contributed by atoms with van der Waals surface area (Å²) in [4.78, 5) is 8.93. The summed E-state index contributed by atoms with van der Waals surface area (Å²) in [6, 6.07) is 1.91. The van der Waals surface area contributed by atoms with Gasteiger partial charge < -0.3 is 10.1 Å². The van der Waals surface area contributed by atoms with E-state index in [1.807, 2.05) is 12.3 Å². The predicted molar refractivity (Wildman–Crippen MR) is 68.0 cm³/mol. The van der Waals surface area contributed by atoms with Crippen molar-refractivity contribution in [1.29, 1.82) is 0 Å². The first-order valence-corrected chi connectivity index (χ1v) is 6.46. The van der Waals surface area contributed by atoms with Crippen LogP contribution in [0.2, 0.25) is 0 Å². The number of hydrogen-bond donors (Lipinski definition) is 1. The average molecular weight is 235 g/mol. The van der Waals surface area contributed by atoms with Crippen LogP contribution >= 0.6 is 0 Å². The van der Waals surface area contributed by atoms with Crippen LogP contribution in [0.1, 0.15) is 45.4 Å². The number of anilines is 1. The largest absolute Gasteiger partial charge is 0.370 e. The molecular formula is C13H21N3O. The fourth-order valence-electron chi connectivity index (χ4n) is 2.08. The molecule has 0 amide bonds. The summed E-state index contributed by atoms with van der Waals surface area (Å²) >= 11 is 0. The molecule has 0 bridgehead atoms. The highest BCUT2D eigenvalue weighted by atomic mass is 16.5. The molecule has 1 aliphatic heterocycles. The molecule has 1 fully saturated rings. The van der Waals surface area contributed by atoms with Crippen molar-refractivity contribution in [3.05, 3.63) is 18.1 Å². The lowest BCUT2D eigenvalue weighted by molar-refractivity contribution is -0.0759. The summed E-state index contributed by atoms with van der Waals surface area (Å²) in [6.07, 6.45) is 6.23. The van der Waals surface area contributed by atoms with Crippen molar-refractivity contribution < 1.29 is 4.74 Å². The Hall–Kier alpha value is -1.16. The minimum Gasteiger partial charge on any atom is -0.370 e. The van der Waals surface area contributed by atoms with E-state index < -0.39 is 0 Å². The fourth-order valence-corrected chi connectivity index (χ4v) is 2.08. The molecule has 1 aromatic rings. The van der Waals surface area contributed by atoms with Crippen molar-refractivity contribution in [3.8, 4) is 0 Å². The number of nitrogens with one attached hydrogen (secondary N) is 1. The third-order valence-corrected chi connectivity index (χ3v) is 3.15. The van der Waals surface area contributed by atoms with Gasteiger partial charge in [-0.2, -0.15) is 0 Å². The Labute approximate surface area is 103 Å². The highest BCUT2D eigenvalue weighted by Crippen LogP contribution is 2.32. The van der Waals surface area contributed by atoms with Gasteiger partial charge in [0, 0.05) is 19.3 Å². The summed E-state index contributed by atoms with van der Waals surface area (Å²) < 4.78 is 5.86. The van der Waals surface area contributed by atoms with E-state index in [4.69, 9.17) is 4.74 Å². The van der Waals surface area contributed by atoms with E-state index in [2.05, 4.69) is 29.1 Å². The Kier molecular flexibility index (Phi) is 3.94. The quantitative estimate of drug-likeness (QED) is 0.871. The molecule has 2 heterocycles. The molecule has 0 aliphatic carbocycles. The van der Waals surface area contributed by atoms with Crippen LogP contribution in [0.4, 0.5) is 5.82 Å². The maximum absolute atomic E-state index is 5.86. The van der Waals surface area contributed by atoms with E-state index in [0.717, 1.165) is 44.1 Å². The van der Waals surface area contributed by atoms with Crippen LogP contribution in [-0.4, -0.2) is 23.1 Å². The zero-order valence-corrected chi connectivity index (χ0v) is 10.7. The van der Waals surface area contributed by atoms with Gasteiger partial charge in [0.1, 0.15) is 11.4 Å². The van der Waals surface area contributed by atoms with E-state index in [1.165, 1.54) is 6.42 Å². The predicted octanol–water partition coefficient (Wildman–Crippen LogP) is 2.71. The molecule has 1 saturated heterocycles. The highest BCUT2D eigenvalue weighted by Gasteiger charge is 2.32. The summed E-state index contributed by atoms with van der Waals surface area (Å²) in [7, 11) is 0. The standard InChI is InChI=1S/C13H21N3O/c1-3-8-14-11-6-9-15-12(16-11)13(2)7-4-5-10-17-13/h6,9H,3-5,7-8,10H2,1-2H3,(H,14,15,16). The molecule has 0 saturated carbocycles. The molecule has 0 spiro atoms. The van der Waals surface area contributed by atoms with Gasteiger partial charge in [-0.05, 0) is 38.7 Å². The van der Waals surface area contributed by atoms with Crippen molar-refractivity contribution in [1.82, 2.24) is 9.97 Å². The molecule has 1 aliphatic rings. The Bertz CT molecular complexity index is 361. The van der Waals surface area contributed by atoms with Crippen LogP contribution in [0, 0.1) is 0 Å². The second kappa shape index (κ2) is 5.45. The Morgan fingerprint density at radius 3 is 3.06 bits per heavy atom.